The number of piperazine rings is 1. The number of hydrogen-bond acceptors (Lipinski definition) is 9. The van der Waals surface area contributed by atoms with Crippen molar-refractivity contribution in [3.05, 3.63) is 50.7 Å². The van der Waals surface area contributed by atoms with E-state index in [0.29, 0.717) is 37.8 Å². The molecule has 0 atom stereocenters. The SMILES string of the molecule is O=[N+]([O-])c1ccccc1N1CCN(c2ncc([N+](=O)[O-])c(NC3CC3)n2)CC1. The molecule has 2 aromatic rings. The van der Waals surface area contributed by atoms with Crippen LogP contribution in [0, 0.1) is 20.2 Å². The highest BCUT2D eigenvalue weighted by molar-refractivity contribution is 5.64. The quantitative estimate of drug-likeness (QED) is 0.587. The van der Waals surface area contributed by atoms with Gasteiger partial charge in [-0.25, -0.2) is 4.98 Å². The number of nitrogens with zero attached hydrogens (tertiary/aromatic N) is 6. The first kappa shape index (κ1) is 17.9. The van der Waals surface area contributed by atoms with Gasteiger partial charge in [-0.05, 0) is 18.9 Å². The molecule has 0 radical (unpaired) electrons. The highest BCUT2D eigenvalue weighted by atomic mass is 16.6. The molecule has 11 heteroatoms. The largest absolute Gasteiger partial charge is 0.362 e. The summed E-state index contributed by atoms with van der Waals surface area (Å²) in [5.41, 5.74) is 0.542. The highest BCUT2D eigenvalue weighted by Gasteiger charge is 2.29. The summed E-state index contributed by atoms with van der Waals surface area (Å²) in [6.45, 7) is 2.26. The second kappa shape index (κ2) is 7.25. The van der Waals surface area contributed by atoms with Gasteiger partial charge in [0.25, 0.3) is 5.69 Å². The van der Waals surface area contributed by atoms with Crippen LogP contribution in [0.1, 0.15) is 12.8 Å². The highest BCUT2D eigenvalue weighted by Crippen LogP contribution is 2.31. The van der Waals surface area contributed by atoms with Gasteiger partial charge in [0.05, 0.1) is 9.85 Å². The summed E-state index contributed by atoms with van der Waals surface area (Å²) < 4.78 is 0. The van der Waals surface area contributed by atoms with Crippen LogP contribution in [-0.2, 0) is 0 Å². The predicted molar refractivity (Wildman–Crippen MR) is 103 cm³/mol. The van der Waals surface area contributed by atoms with Crippen molar-refractivity contribution in [1.82, 2.24) is 9.97 Å². The molecular weight excluding hydrogens is 366 g/mol. The average molecular weight is 385 g/mol. The van der Waals surface area contributed by atoms with Gasteiger partial charge in [-0.1, -0.05) is 12.1 Å². The molecule has 2 fully saturated rings. The van der Waals surface area contributed by atoms with Crippen molar-refractivity contribution in [2.75, 3.05) is 41.3 Å². The van der Waals surface area contributed by atoms with E-state index in [2.05, 4.69) is 15.3 Å². The van der Waals surface area contributed by atoms with E-state index in [9.17, 15) is 20.2 Å². The van der Waals surface area contributed by atoms with Gasteiger partial charge in [0.15, 0.2) is 0 Å². The normalized spacial score (nSPS) is 16.7. The lowest BCUT2D eigenvalue weighted by molar-refractivity contribution is -0.384. The number of hydrogen-bond donors (Lipinski definition) is 1. The molecule has 4 rings (SSSR count). The van der Waals surface area contributed by atoms with Gasteiger partial charge in [0.1, 0.15) is 11.9 Å². The molecule has 1 aliphatic carbocycles. The monoisotopic (exact) mass is 385 g/mol. The number of nitro groups is 2. The van der Waals surface area contributed by atoms with Crippen molar-refractivity contribution in [1.29, 1.82) is 0 Å². The minimum absolute atomic E-state index is 0.0819. The molecule has 11 nitrogen and oxygen atoms in total. The second-order valence-corrected chi connectivity index (χ2v) is 6.80. The van der Waals surface area contributed by atoms with Crippen molar-refractivity contribution in [2.45, 2.75) is 18.9 Å². The zero-order valence-corrected chi connectivity index (χ0v) is 15.0. The van der Waals surface area contributed by atoms with E-state index in [1.54, 1.807) is 18.2 Å². The van der Waals surface area contributed by atoms with Gasteiger partial charge < -0.3 is 15.1 Å². The smallest absolute Gasteiger partial charge is 0.329 e. The number of benzene rings is 1. The molecule has 2 aliphatic rings. The molecule has 1 aromatic carbocycles. The molecule has 1 saturated heterocycles. The Labute approximate surface area is 160 Å². The van der Waals surface area contributed by atoms with Crippen LogP contribution in [0.15, 0.2) is 30.5 Å². The van der Waals surface area contributed by atoms with Gasteiger partial charge in [0.2, 0.25) is 11.8 Å². The zero-order valence-electron chi connectivity index (χ0n) is 15.0. The van der Waals surface area contributed by atoms with Gasteiger partial charge in [-0.3, -0.25) is 20.2 Å². The minimum Gasteiger partial charge on any atom is -0.362 e. The molecule has 1 N–H and O–H groups in total. The Kier molecular flexibility index (Phi) is 4.63. The third-order valence-electron chi connectivity index (χ3n) is 4.85. The van der Waals surface area contributed by atoms with Crippen LogP contribution in [0.3, 0.4) is 0 Å². The summed E-state index contributed by atoms with van der Waals surface area (Å²) in [4.78, 5) is 34.0. The molecule has 28 heavy (non-hydrogen) atoms. The van der Waals surface area contributed by atoms with Crippen molar-refractivity contribution in [3.8, 4) is 0 Å². The van der Waals surface area contributed by atoms with Crippen LogP contribution in [0.5, 0.6) is 0 Å². The lowest BCUT2D eigenvalue weighted by Crippen LogP contribution is -2.47. The Morgan fingerprint density at radius 1 is 0.964 bits per heavy atom. The fraction of sp³-hybridized carbons (Fsp3) is 0.412. The number of nitro benzene ring substituents is 1. The molecule has 0 amide bonds. The van der Waals surface area contributed by atoms with Crippen LogP contribution in [0.4, 0.5) is 28.8 Å². The van der Waals surface area contributed by atoms with Crippen molar-refractivity contribution in [3.63, 3.8) is 0 Å². The third kappa shape index (κ3) is 3.63. The molecular formula is C17H19N7O4. The van der Waals surface area contributed by atoms with Crippen LogP contribution < -0.4 is 15.1 Å². The van der Waals surface area contributed by atoms with E-state index < -0.39 is 4.92 Å². The molecule has 0 unspecified atom stereocenters. The number of aromatic nitrogens is 2. The first-order valence-electron chi connectivity index (χ1n) is 9.04. The van der Waals surface area contributed by atoms with Crippen LogP contribution >= 0.6 is 0 Å². The van der Waals surface area contributed by atoms with E-state index in [-0.39, 0.29) is 28.2 Å². The van der Waals surface area contributed by atoms with E-state index in [1.807, 2.05) is 9.80 Å². The Morgan fingerprint density at radius 3 is 2.25 bits per heavy atom. The summed E-state index contributed by atoms with van der Waals surface area (Å²) in [5, 5.41) is 25.6. The summed E-state index contributed by atoms with van der Waals surface area (Å²) in [6.07, 6.45) is 3.19. The summed E-state index contributed by atoms with van der Waals surface area (Å²) in [6, 6.07) is 6.91. The summed E-state index contributed by atoms with van der Waals surface area (Å²) in [7, 11) is 0. The molecule has 1 saturated carbocycles. The van der Waals surface area contributed by atoms with Crippen molar-refractivity contribution in [2.24, 2.45) is 0 Å². The molecule has 1 aromatic heterocycles. The number of rotatable bonds is 6. The maximum Gasteiger partial charge on any atom is 0.329 e. The Morgan fingerprint density at radius 2 is 1.61 bits per heavy atom. The topological polar surface area (TPSA) is 131 Å². The number of para-hydroxylation sites is 2. The maximum atomic E-state index is 11.3. The molecule has 1 aliphatic heterocycles. The Balaban J connectivity index is 1.49. The third-order valence-corrected chi connectivity index (χ3v) is 4.85. The summed E-state index contributed by atoms with van der Waals surface area (Å²) in [5.74, 6) is 0.676. The zero-order chi connectivity index (χ0) is 19.7. The maximum absolute atomic E-state index is 11.3. The molecule has 2 heterocycles. The molecule has 146 valence electrons. The van der Waals surface area contributed by atoms with E-state index in [0.717, 1.165) is 12.8 Å². The van der Waals surface area contributed by atoms with Crippen LogP contribution in [-0.4, -0.2) is 52.0 Å². The number of nitrogens with one attached hydrogen (secondary N) is 1. The molecule has 0 bridgehead atoms. The van der Waals surface area contributed by atoms with E-state index >= 15 is 0 Å². The predicted octanol–water partition coefficient (Wildman–Crippen LogP) is 2.19. The standard InChI is InChI=1S/C17H19N7O4/c25-23(26)14-4-2-1-3-13(14)21-7-9-22(10-8-21)17-18-11-15(24(27)28)16(20-17)19-12-5-6-12/h1-4,11-12H,5-10H2,(H,18,19,20). The first-order valence-corrected chi connectivity index (χ1v) is 9.04. The van der Waals surface area contributed by atoms with Crippen LogP contribution in [0.2, 0.25) is 0 Å². The minimum atomic E-state index is -0.485. The molecule has 0 spiro atoms. The Hall–Kier alpha value is -3.50. The van der Waals surface area contributed by atoms with Gasteiger partial charge in [0, 0.05) is 38.3 Å². The fourth-order valence-electron chi connectivity index (χ4n) is 3.21. The average Bonchev–Trinajstić information content (AvgIpc) is 3.52. The van der Waals surface area contributed by atoms with Crippen molar-refractivity contribution >= 4 is 28.8 Å². The lowest BCUT2D eigenvalue weighted by atomic mass is 10.2. The Bertz CT molecular complexity index is 910. The number of anilines is 3. The first-order chi connectivity index (χ1) is 13.5. The van der Waals surface area contributed by atoms with Gasteiger partial charge in [-0.15, -0.1) is 0 Å². The fourth-order valence-corrected chi connectivity index (χ4v) is 3.21. The summed E-state index contributed by atoms with van der Waals surface area (Å²) >= 11 is 0. The second-order valence-electron chi connectivity index (χ2n) is 6.80. The van der Waals surface area contributed by atoms with Crippen LogP contribution in [0.25, 0.3) is 0 Å². The van der Waals surface area contributed by atoms with E-state index in [4.69, 9.17) is 0 Å². The van der Waals surface area contributed by atoms with Gasteiger partial charge in [-0.2, -0.15) is 4.98 Å². The van der Waals surface area contributed by atoms with Crippen molar-refractivity contribution < 1.29 is 9.85 Å². The lowest BCUT2D eigenvalue weighted by Gasteiger charge is -2.35. The van der Waals surface area contributed by atoms with Gasteiger partial charge >= 0.3 is 5.69 Å². The van der Waals surface area contributed by atoms with E-state index in [1.165, 1.54) is 12.3 Å².